The van der Waals surface area contributed by atoms with Gasteiger partial charge >= 0.3 is 18.4 Å². The highest BCUT2D eigenvalue weighted by Gasteiger charge is 2.45. The average Bonchev–Trinajstić information content (AvgIpc) is 2.81. The lowest BCUT2D eigenvalue weighted by Gasteiger charge is -2.47. The number of piperidine rings is 1. The van der Waals surface area contributed by atoms with Gasteiger partial charge in [0.1, 0.15) is 5.60 Å². The van der Waals surface area contributed by atoms with Crippen LogP contribution < -0.4 is 9.64 Å². The van der Waals surface area contributed by atoms with E-state index >= 15 is 0 Å². The lowest BCUT2D eigenvalue weighted by molar-refractivity contribution is -0.138. The number of rotatable bonds is 2. The molecule has 1 N–H and O–H groups in total. The van der Waals surface area contributed by atoms with Gasteiger partial charge in [-0.3, -0.25) is 0 Å². The number of fused-ring (bicyclic) bond motifs is 2. The standard InChI is InChI=1S/C24H23F6N5O4/c1-22(2,3)39-21(37)34-10-14(32-33-31)20(36)17(11-34)35-15-6-4-12(23(25,26)27)8-18(15)38-19-9-13(24(28,29)30)5-7-16(19)35/h4-9,14,17,20,36H,10-11H2,1-3H3/t14-,17+,20+/m1/s1. The highest BCUT2D eigenvalue weighted by Crippen LogP contribution is 2.51. The van der Waals surface area contributed by atoms with Gasteiger partial charge in [-0.25, -0.2) is 4.79 Å². The van der Waals surface area contributed by atoms with Gasteiger partial charge in [-0.2, -0.15) is 26.3 Å². The maximum Gasteiger partial charge on any atom is 0.416 e. The molecule has 1 amide bonds. The number of aliphatic hydroxyl groups excluding tert-OH is 1. The first-order valence-corrected chi connectivity index (χ1v) is 11.6. The summed E-state index contributed by atoms with van der Waals surface area (Å²) in [5.41, 5.74) is 5.90. The van der Waals surface area contributed by atoms with Crippen LogP contribution in [0.15, 0.2) is 41.5 Å². The Balaban J connectivity index is 1.86. The molecule has 39 heavy (non-hydrogen) atoms. The second kappa shape index (κ2) is 9.72. The van der Waals surface area contributed by atoms with Crippen LogP contribution in [0.1, 0.15) is 31.9 Å². The van der Waals surface area contributed by atoms with Crippen molar-refractivity contribution in [3.05, 3.63) is 58.0 Å². The summed E-state index contributed by atoms with van der Waals surface area (Å²) in [7, 11) is 0. The lowest BCUT2D eigenvalue weighted by Crippen LogP contribution is -2.61. The van der Waals surface area contributed by atoms with Crippen LogP contribution in [0.25, 0.3) is 10.4 Å². The lowest BCUT2D eigenvalue weighted by atomic mass is 9.94. The quantitative estimate of drug-likeness (QED) is 0.192. The molecule has 0 bridgehead atoms. The highest BCUT2D eigenvalue weighted by molar-refractivity contribution is 5.80. The average molecular weight is 559 g/mol. The first kappa shape index (κ1) is 28.2. The van der Waals surface area contributed by atoms with E-state index in [9.17, 15) is 36.2 Å². The van der Waals surface area contributed by atoms with Crippen molar-refractivity contribution < 1.29 is 45.7 Å². The van der Waals surface area contributed by atoms with Crippen LogP contribution in [0.3, 0.4) is 0 Å². The number of aliphatic hydroxyl groups is 1. The van der Waals surface area contributed by atoms with E-state index in [1.807, 2.05) is 0 Å². The summed E-state index contributed by atoms with van der Waals surface area (Å²) in [6, 6.07) is 2.51. The molecule has 15 heteroatoms. The largest absolute Gasteiger partial charge is 0.453 e. The van der Waals surface area contributed by atoms with E-state index in [1.54, 1.807) is 20.8 Å². The van der Waals surface area contributed by atoms with Gasteiger partial charge in [0.2, 0.25) is 0 Å². The van der Waals surface area contributed by atoms with E-state index in [4.69, 9.17) is 15.0 Å². The van der Waals surface area contributed by atoms with Crippen molar-refractivity contribution in [2.24, 2.45) is 5.11 Å². The van der Waals surface area contributed by atoms with E-state index in [1.165, 1.54) is 4.90 Å². The number of halogens is 6. The molecule has 2 aliphatic rings. The highest BCUT2D eigenvalue weighted by atomic mass is 19.4. The van der Waals surface area contributed by atoms with Crippen LogP contribution in [0.5, 0.6) is 11.5 Å². The molecule has 0 aromatic heterocycles. The van der Waals surface area contributed by atoms with Crippen molar-refractivity contribution in [1.82, 2.24) is 4.90 Å². The predicted molar refractivity (Wildman–Crippen MR) is 126 cm³/mol. The zero-order chi connectivity index (χ0) is 28.9. The molecular formula is C24H23F6N5O4. The zero-order valence-corrected chi connectivity index (χ0v) is 20.8. The molecule has 0 saturated carbocycles. The van der Waals surface area contributed by atoms with E-state index in [0.717, 1.165) is 29.2 Å². The number of benzene rings is 2. The summed E-state index contributed by atoms with van der Waals surface area (Å²) < 4.78 is 91.5. The first-order valence-electron chi connectivity index (χ1n) is 11.6. The molecule has 2 heterocycles. The number of likely N-dealkylation sites (tertiary alicyclic amines) is 1. The van der Waals surface area contributed by atoms with Crippen LogP contribution in [0.2, 0.25) is 0 Å². The fraction of sp³-hybridized carbons (Fsp3) is 0.458. The normalized spacial score (nSPS) is 21.3. The van der Waals surface area contributed by atoms with E-state index in [-0.39, 0.29) is 24.5 Å². The molecule has 210 valence electrons. The van der Waals surface area contributed by atoms with Gasteiger partial charge in [-0.05, 0) is 62.7 Å². The predicted octanol–water partition coefficient (Wildman–Crippen LogP) is 6.63. The summed E-state index contributed by atoms with van der Waals surface area (Å²) in [5.74, 6) is -0.836. The molecule has 0 radical (unpaired) electrons. The van der Waals surface area contributed by atoms with Gasteiger partial charge < -0.3 is 24.4 Å². The van der Waals surface area contributed by atoms with Gasteiger partial charge in [-0.15, -0.1) is 0 Å². The Morgan fingerprint density at radius 2 is 1.51 bits per heavy atom. The number of hydrogen-bond acceptors (Lipinski definition) is 6. The molecule has 0 unspecified atom stereocenters. The second-order valence-electron chi connectivity index (χ2n) is 10.0. The fourth-order valence-electron chi connectivity index (χ4n) is 4.43. The third-order valence-corrected chi connectivity index (χ3v) is 6.10. The maximum absolute atomic E-state index is 13.4. The molecule has 4 rings (SSSR count). The molecule has 1 saturated heterocycles. The van der Waals surface area contributed by atoms with Crippen LogP contribution >= 0.6 is 0 Å². The Morgan fingerprint density at radius 3 is 1.95 bits per heavy atom. The molecule has 0 spiro atoms. The molecule has 3 atom stereocenters. The monoisotopic (exact) mass is 559 g/mol. The molecule has 2 aromatic carbocycles. The number of alkyl halides is 6. The van der Waals surface area contributed by atoms with Crippen molar-refractivity contribution in [1.29, 1.82) is 0 Å². The van der Waals surface area contributed by atoms with Crippen molar-refractivity contribution in [2.75, 3.05) is 18.0 Å². The molecular weight excluding hydrogens is 536 g/mol. The topological polar surface area (TPSA) is 111 Å². The summed E-state index contributed by atoms with van der Waals surface area (Å²) in [6.07, 6.45) is -11.8. The Hall–Kier alpha value is -3.84. The minimum Gasteiger partial charge on any atom is -0.453 e. The number of carbonyl (C=O) groups excluding carboxylic acids is 1. The van der Waals surface area contributed by atoms with Gasteiger partial charge in [0, 0.05) is 18.0 Å². The Kier molecular flexibility index (Phi) is 7.02. The fourth-order valence-corrected chi connectivity index (χ4v) is 4.43. The molecule has 2 aliphatic heterocycles. The van der Waals surface area contributed by atoms with Crippen molar-refractivity contribution in [2.45, 2.75) is 56.9 Å². The van der Waals surface area contributed by atoms with Gasteiger partial charge in [0.05, 0.1) is 40.7 Å². The summed E-state index contributed by atoms with van der Waals surface area (Å²) in [5, 5.41) is 14.7. The molecule has 1 fully saturated rings. The number of ether oxygens (including phenoxy) is 2. The van der Waals surface area contributed by atoms with Crippen LogP contribution in [-0.2, 0) is 17.1 Å². The zero-order valence-electron chi connectivity index (χ0n) is 20.8. The number of nitrogens with zero attached hydrogens (tertiary/aromatic N) is 5. The molecule has 2 aromatic rings. The molecule has 0 aliphatic carbocycles. The number of amides is 1. The van der Waals surface area contributed by atoms with Crippen LogP contribution in [0.4, 0.5) is 42.5 Å². The van der Waals surface area contributed by atoms with Gasteiger partial charge in [0.25, 0.3) is 0 Å². The third-order valence-electron chi connectivity index (χ3n) is 6.10. The summed E-state index contributed by atoms with van der Waals surface area (Å²) in [6.45, 7) is 4.36. The Morgan fingerprint density at radius 1 is 1.00 bits per heavy atom. The minimum absolute atomic E-state index is 0.00923. The van der Waals surface area contributed by atoms with Gasteiger partial charge in [-0.1, -0.05) is 5.11 Å². The first-order chi connectivity index (χ1) is 18.0. The maximum atomic E-state index is 13.4. The smallest absolute Gasteiger partial charge is 0.416 e. The Labute approximate surface area is 218 Å². The van der Waals surface area contributed by atoms with E-state index in [2.05, 4.69) is 10.0 Å². The van der Waals surface area contributed by atoms with E-state index < -0.39 is 64.9 Å². The van der Waals surface area contributed by atoms with Crippen LogP contribution in [0, 0.1) is 0 Å². The number of azide groups is 1. The van der Waals surface area contributed by atoms with E-state index in [0.29, 0.717) is 12.1 Å². The number of anilines is 2. The van der Waals surface area contributed by atoms with Crippen LogP contribution in [-0.4, -0.2) is 53.0 Å². The summed E-state index contributed by atoms with van der Waals surface area (Å²) >= 11 is 0. The third kappa shape index (κ3) is 5.78. The van der Waals surface area contributed by atoms with Crippen molar-refractivity contribution in [3.8, 4) is 11.5 Å². The van der Waals surface area contributed by atoms with Gasteiger partial charge in [0.15, 0.2) is 11.5 Å². The Bertz CT molecular complexity index is 1260. The van der Waals surface area contributed by atoms with Crippen molar-refractivity contribution >= 4 is 17.5 Å². The second-order valence-corrected chi connectivity index (χ2v) is 10.0. The number of carbonyl (C=O) groups is 1. The SMILES string of the molecule is CC(C)(C)OC(=O)N1C[C@@H](N=[N+]=[N-])[C@H](O)[C@@H](N2c3ccc(C(F)(F)F)cc3Oc3cc(C(F)(F)F)ccc32)C1. The van der Waals surface area contributed by atoms with Crippen molar-refractivity contribution in [3.63, 3.8) is 0 Å². The number of hydrogen-bond donors (Lipinski definition) is 1. The minimum atomic E-state index is -4.78. The molecule has 9 nitrogen and oxygen atoms in total. The summed E-state index contributed by atoms with van der Waals surface area (Å²) in [4.78, 5) is 18.1.